The molecule has 1 aliphatic heterocycles. The molecule has 0 saturated heterocycles. The smallest absolute Gasteiger partial charge is 0.234 e. The first-order valence-corrected chi connectivity index (χ1v) is 8.63. The van der Waals surface area contributed by atoms with Gasteiger partial charge in [0.05, 0.1) is 13.7 Å². The van der Waals surface area contributed by atoms with E-state index in [1.165, 1.54) is 2.88 Å². The first-order chi connectivity index (χ1) is 9.39. The molecule has 5 heteroatoms. The predicted octanol–water partition coefficient (Wildman–Crippen LogP) is 4.91. The van der Waals surface area contributed by atoms with Crippen molar-refractivity contribution in [3.63, 3.8) is 0 Å². The number of anilines is 1. The van der Waals surface area contributed by atoms with Gasteiger partial charge < -0.3 is 5.32 Å². The molecule has 1 unspecified atom stereocenters. The van der Waals surface area contributed by atoms with Gasteiger partial charge in [-0.2, -0.15) is 0 Å². The van der Waals surface area contributed by atoms with Crippen LogP contribution in [0.15, 0.2) is 29.6 Å². The molecule has 1 atom stereocenters. The number of rotatable bonds is 2. The van der Waals surface area contributed by atoms with Crippen molar-refractivity contribution in [3.8, 4) is 0 Å². The number of carbonyl (C=O) groups is 1. The number of halogens is 2. The highest BCUT2D eigenvalue weighted by Crippen LogP contribution is 2.41. The molecule has 1 aliphatic rings. The Bertz CT molecular complexity index is 695. The SMILES string of the molecule is CC1(C)C(=O)Nc2ccc(C(Cl)c3csc(I)c3)cc21. The average Bonchev–Trinajstić information content (AvgIpc) is 2.92. The lowest BCUT2D eigenvalue weighted by atomic mass is 9.85. The molecule has 2 heterocycles. The molecule has 0 saturated carbocycles. The molecule has 3 rings (SSSR count). The maximum absolute atomic E-state index is 12.0. The second kappa shape index (κ2) is 5.00. The minimum atomic E-state index is -0.495. The number of fused-ring (bicyclic) bond motifs is 1. The number of carbonyl (C=O) groups excluding carboxylic acids is 1. The maximum Gasteiger partial charge on any atom is 0.234 e. The number of thiophene rings is 1. The molecule has 2 aromatic rings. The fraction of sp³-hybridized carbons (Fsp3) is 0.267. The van der Waals surface area contributed by atoms with E-state index in [0.717, 1.165) is 22.4 Å². The molecular weight excluding hydrogens is 405 g/mol. The van der Waals surface area contributed by atoms with Gasteiger partial charge in [0.2, 0.25) is 5.91 Å². The normalized spacial score (nSPS) is 17.7. The predicted molar refractivity (Wildman–Crippen MR) is 92.8 cm³/mol. The lowest BCUT2D eigenvalue weighted by Gasteiger charge is -2.17. The van der Waals surface area contributed by atoms with Gasteiger partial charge in [-0.25, -0.2) is 0 Å². The Morgan fingerprint density at radius 1 is 1.30 bits per heavy atom. The summed E-state index contributed by atoms with van der Waals surface area (Å²) in [6.07, 6.45) is 0. The Morgan fingerprint density at radius 3 is 2.70 bits per heavy atom. The molecule has 0 aliphatic carbocycles. The van der Waals surface area contributed by atoms with Crippen molar-refractivity contribution in [2.45, 2.75) is 24.6 Å². The van der Waals surface area contributed by atoms with Gasteiger partial charge in [-0.15, -0.1) is 22.9 Å². The quantitative estimate of drug-likeness (QED) is 0.546. The molecule has 0 fully saturated rings. The van der Waals surface area contributed by atoms with Gasteiger partial charge in [0.25, 0.3) is 0 Å². The molecule has 0 spiro atoms. The summed E-state index contributed by atoms with van der Waals surface area (Å²) in [5.41, 5.74) is 3.56. The standard InChI is InChI=1S/C15H13ClINOS/c1-15(2)10-5-8(3-4-11(10)18-14(15)19)13(16)9-6-12(17)20-7-9/h3-7,13H,1-2H3,(H,18,19). The molecule has 1 aromatic carbocycles. The highest BCUT2D eigenvalue weighted by Gasteiger charge is 2.38. The van der Waals surface area contributed by atoms with Crippen LogP contribution >= 0.6 is 45.5 Å². The summed E-state index contributed by atoms with van der Waals surface area (Å²) in [6, 6.07) is 8.09. The van der Waals surface area contributed by atoms with E-state index in [0.29, 0.717) is 0 Å². The van der Waals surface area contributed by atoms with Crippen molar-refractivity contribution in [2.75, 3.05) is 5.32 Å². The Hall–Kier alpha value is -0.590. The zero-order valence-corrected chi connectivity index (χ0v) is 14.8. The van der Waals surface area contributed by atoms with Gasteiger partial charge in [0.15, 0.2) is 0 Å². The van der Waals surface area contributed by atoms with Gasteiger partial charge in [-0.3, -0.25) is 4.79 Å². The van der Waals surface area contributed by atoms with E-state index in [-0.39, 0.29) is 11.3 Å². The third kappa shape index (κ3) is 2.27. The van der Waals surface area contributed by atoms with Crippen LogP contribution in [0, 0.1) is 2.88 Å². The lowest BCUT2D eigenvalue weighted by molar-refractivity contribution is -0.119. The van der Waals surface area contributed by atoms with E-state index in [2.05, 4.69) is 45.4 Å². The maximum atomic E-state index is 12.0. The minimum absolute atomic E-state index is 0.0425. The molecule has 2 nitrogen and oxygen atoms in total. The van der Waals surface area contributed by atoms with E-state index >= 15 is 0 Å². The van der Waals surface area contributed by atoms with E-state index < -0.39 is 5.41 Å². The summed E-state index contributed by atoms with van der Waals surface area (Å²) < 4.78 is 1.22. The molecule has 1 amide bonds. The minimum Gasteiger partial charge on any atom is -0.325 e. The molecular formula is C15H13ClINOS. The van der Waals surface area contributed by atoms with E-state index in [9.17, 15) is 4.79 Å². The van der Waals surface area contributed by atoms with Gasteiger partial charge in [-0.05, 0) is 70.6 Å². The highest BCUT2D eigenvalue weighted by molar-refractivity contribution is 14.1. The van der Waals surface area contributed by atoms with Crippen LogP contribution in [-0.2, 0) is 10.2 Å². The van der Waals surface area contributed by atoms with E-state index in [4.69, 9.17) is 11.6 Å². The molecule has 20 heavy (non-hydrogen) atoms. The summed E-state index contributed by atoms with van der Waals surface area (Å²) in [7, 11) is 0. The third-order valence-corrected chi connectivity index (χ3v) is 6.02. The molecule has 0 radical (unpaired) electrons. The third-order valence-electron chi connectivity index (χ3n) is 3.71. The van der Waals surface area contributed by atoms with Crippen molar-refractivity contribution in [1.29, 1.82) is 0 Å². The zero-order chi connectivity index (χ0) is 14.5. The molecule has 1 N–H and O–H groups in total. The van der Waals surface area contributed by atoms with Gasteiger partial charge in [0.1, 0.15) is 0 Å². The van der Waals surface area contributed by atoms with Crippen molar-refractivity contribution in [2.24, 2.45) is 0 Å². The lowest BCUT2D eigenvalue weighted by Crippen LogP contribution is -2.26. The molecule has 104 valence electrons. The Labute approximate surface area is 140 Å². The number of amides is 1. The number of hydrogen-bond donors (Lipinski definition) is 1. The number of alkyl halides is 1. The summed E-state index contributed by atoms with van der Waals surface area (Å²) in [4.78, 5) is 12.0. The Morgan fingerprint density at radius 2 is 2.05 bits per heavy atom. The largest absolute Gasteiger partial charge is 0.325 e. The van der Waals surface area contributed by atoms with Crippen LogP contribution in [0.2, 0.25) is 0 Å². The van der Waals surface area contributed by atoms with Crippen LogP contribution in [0.3, 0.4) is 0 Å². The summed E-state index contributed by atoms with van der Waals surface area (Å²) in [6.45, 7) is 3.88. The first kappa shape index (κ1) is 14.4. The van der Waals surface area contributed by atoms with Gasteiger partial charge in [0, 0.05) is 5.69 Å². The average molecular weight is 418 g/mol. The van der Waals surface area contributed by atoms with Gasteiger partial charge >= 0.3 is 0 Å². The fourth-order valence-corrected chi connectivity index (χ4v) is 4.13. The van der Waals surface area contributed by atoms with Crippen LogP contribution in [0.5, 0.6) is 0 Å². The van der Waals surface area contributed by atoms with Crippen molar-refractivity contribution < 1.29 is 4.79 Å². The van der Waals surface area contributed by atoms with Crippen molar-refractivity contribution in [1.82, 2.24) is 0 Å². The highest BCUT2D eigenvalue weighted by atomic mass is 127. The topological polar surface area (TPSA) is 29.1 Å². The molecule has 0 bridgehead atoms. The van der Waals surface area contributed by atoms with Gasteiger partial charge in [-0.1, -0.05) is 12.1 Å². The van der Waals surface area contributed by atoms with Crippen LogP contribution < -0.4 is 5.32 Å². The van der Waals surface area contributed by atoms with Crippen LogP contribution in [-0.4, -0.2) is 5.91 Å². The molecule has 1 aromatic heterocycles. The van der Waals surface area contributed by atoms with Crippen LogP contribution in [0.25, 0.3) is 0 Å². The Kier molecular flexibility index (Phi) is 3.59. The summed E-state index contributed by atoms with van der Waals surface area (Å²) >= 11 is 10.6. The number of hydrogen-bond acceptors (Lipinski definition) is 2. The second-order valence-electron chi connectivity index (χ2n) is 5.43. The fourth-order valence-electron chi connectivity index (χ4n) is 2.40. The first-order valence-electron chi connectivity index (χ1n) is 6.23. The van der Waals surface area contributed by atoms with Crippen LogP contribution in [0.4, 0.5) is 5.69 Å². The van der Waals surface area contributed by atoms with Crippen molar-refractivity contribution in [3.05, 3.63) is 49.2 Å². The van der Waals surface area contributed by atoms with E-state index in [1.807, 2.05) is 26.0 Å². The summed E-state index contributed by atoms with van der Waals surface area (Å²) in [5.74, 6) is 0.0425. The number of nitrogens with one attached hydrogen (secondary N) is 1. The summed E-state index contributed by atoms with van der Waals surface area (Å²) in [5, 5.41) is 4.83. The van der Waals surface area contributed by atoms with Crippen molar-refractivity contribution >= 4 is 57.1 Å². The monoisotopic (exact) mass is 417 g/mol. The van der Waals surface area contributed by atoms with Crippen LogP contribution in [0.1, 0.15) is 35.9 Å². The zero-order valence-electron chi connectivity index (χ0n) is 11.0. The van der Waals surface area contributed by atoms with E-state index in [1.54, 1.807) is 11.3 Å². The number of benzene rings is 1. The second-order valence-corrected chi connectivity index (χ2v) is 8.67. The Balaban J connectivity index is 2.02.